The molecule has 0 spiro atoms. The van der Waals surface area contributed by atoms with Crippen LogP contribution in [0.3, 0.4) is 0 Å². The minimum absolute atomic E-state index is 0.200. The molecule has 132 valence electrons. The maximum atomic E-state index is 12.5. The Morgan fingerprint density at radius 1 is 1.07 bits per heavy atom. The van der Waals surface area contributed by atoms with Crippen molar-refractivity contribution in [2.45, 2.75) is 0 Å². The zero-order valence-electron chi connectivity index (χ0n) is 13.9. The molecule has 0 unspecified atom stereocenters. The number of pyridine rings is 1. The van der Waals surface area contributed by atoms with Crippen molar-refractivity contribution in [3.05, 3.63) is 94.5 Å². The number of ether oxygens (including phenoxy) is 2. The fourth-order valence-corrected chi connectivity index (χ4v) is 2.84. The van der Waals surface area contributed by atoms with Gasteiger partial charge < -0.3 is 9.47 Å². The third kappa shape index (κ3) is 3.45. The van der Waals surface area contributed by atoms with E-state index in [-0.39, 0.29) is 22.9 Å². The number of benzene rings is 2. The van der Waals surface area contributed by atoms with E-state index in [0.29, 0.717) is 16.3 Å². The zero-order chi connectivity index (χ0) is 18.8. The summed E-state index contributed by atoms with van der Waals surface area (Å²) in [5.74, 6) is -0.0182. The predicted molar refractivity (Wildman–Crippen MR) is 100 cm³/mol. The van der Waals surface area contributed by atoms with Gasteiger partial charge >= 0.3 is 5.97 Å². The van der Waals surface area contributed by atoms with Gasteiger partial charge in [0.25, 0.3) is 0 Å². The van der Waals surface area contributed by atoms with Gasteiger partial charge in [0.05, 0.1) is 16.1 Å². The maximum absolute atomic E-state index is 12.5. The molecule has 1 aliphatic heterocycles. The van der Waals surface area contributed by atoms with Crippen molar-refractivity contribution >= 4 is 29.4 Å². The van der Waals surface area contributed by atoms with Crippen molar-refractivity contribution in [3.8, 4) is 11.5 Å². The summed E-state index contributed by atoms with van der Waals surface area (Å²) in [7, 11) is 0. The number of ketones is 1. The monoisotopic (exact) mass is 377 g/mol. The Hall–Kier alpha value is -3.44. The average molecular weight is 378 g/mol. The van der Waals surface area contributed by atoms with Crippen LogP contribution in [0.5, 0.6) is 11.5 Å². The Kier molecular flexibility index (Phi) is 4.44. The van der Waals surface area contributed by atoms with Gasteiger partial charge in [-0.1, -0.05) is 23.7 Å². The lowest BCUT2D eigenvalue weighted by Gasteiger charge is -2.06. The van der Waals surface area contributed by atoms with Crippen molar-refractivity contribution in [1.29, 1.82) is 0 Å². The molecule has 4 rings (SSSR count). The second kappa shape index (κ2) is 7.05. The van der Waals surface area contributed by atoms with E-state index in [2.05, 4.69) is 4.98 Å². The SMILES string of the molecule is O=C(Oc1ccc2c(c1)O/C(=C\c1ccncc1)C2=O)c1ccccc1Cl. The highest BCUT2D eigenvalue weighted by atomic mass is 35.5. The number of aromatic nitrogens is 1. The van der Waals surface area contributed by atoms with Crippen molar-refractivity contribution in [2.24, 2.45) is 0 Å². The fourth-order valence-electron chi connectivity index (χ4n) is 2.63. The Bertz CT molecular complexity index is 1080. The summed E-state index contributed by atoms with van der Waals surface area (Å²) in [4.78, 5) is 28.7. The molecule has 5 nitrogen and oxygen atoms in total. The second-order valence-corrected chi connectivity index (χ2v) is 6.15. The van der Waals surface area contributed by atoms with Crippen LogP contribution < -0.4 is 9.47 Å². The van der Waals surface area contributed by atoms with E-state index in [1.165, 1.54) is 6.07 Å². The van der Waals surface area contributed by atoms with Crippen LogP contribution in [-0.2, 0) is 0 Å². The molecule has 0 amide bonds. The van der Waals surface area contributed by atoms with E-state index < -0.39 is 5.97 Å². The molecule has 0 saturated carbocycles. The molecule has 2 aromatic carbocycles. The topological polar surface area (TPSA) is 65.5 Å². The van der Waals surface area contributed by atoms with Gasteiger partial charge in [-0.15, -0.1) is 0 Å². The van der Waals surface area contributed by atoms with Gasteiger partial charge in [-0.2, -0.15) is 0 Å². The van der Waals surface area contributed by atoms with E-state index in [9.17, 15) is 9.59 Å². The summed E-state index contributed by atoms with van der Waals surface area (Å²) in [5, 5.41) is 0.303. The van der Waals surface area contributed by atoms with Crippen LogP contribution in [0.25, 0.3) is 6.08 Å². The Morgan fingerprint density at radius 2 is 1.85 bits per heavy atom. The summed E-state index contributed by atoms with van der Waals surface area (Å²) in [6, 6.07) is 14.8. The van der Waals surface area contributed by atoms with Crippen LogP contribution in [0.4, 0.5) is 0 Å². The predicted octanol–water partition coefficient (Wildman–Crippen LogP) is 4.57. The number of halogens is 1. The van der Waals surface area contributed by atoms with Gasteiger partial charge in [0.1, 0.15) is 11.5 Å². The largest absolute Gasteiger partial charge is 0.452 e. The van der Waals surface area contributed by atoms with E-state index in [1.807, 2.05) is 0 Å². The first-order chi connectivity index (χ1) is 13.1. The number of allylic oxidation sites excluding steroid dienone is 1. The maximum Gasteiger partial charge on any atom is 0.345 e. The molecule has 27 heavy (non-hydrogen) atoms. The van der Waals surface area contributed by atoms with Gasteiger partial charge in [0.15, 0.2) is 5.76 Å². The number of hydrogen-bond acceptors (Lipinski definition) is 5. The van der Waals surface area contributed by atoms with Crippen molar-refractivity contribution < 1.29 is 19.1 Å². The lowest BCUT2D eigenvalue weighted by Crippen LogP contribution is -2.09. The quantitative estimate of drug-likeness (QED) is 0.380. The molecule has 1 aliphatic rings. The summed E-state index contributed by atoms with van der Waals surface area (Å²) >= 11 is 6.01. The summed E-state index contributed by atoms with van der Waals surface area (Å²) in [6.45, 7) is 0. The number of Topliss-reactive ketones (excluding diaryl/α,β-unsaturated/α-hetero) is 1. The normalized spacial score (nSPS) is 14.0. The van der Waals surface area contributed by atoms with E-state index in [1.54, 1.807) is 67.0 Å². The molecular formula is C21H12ClNO4. The first kappa shape index (κ1) is 17.0. The fraction of sp³-hybridized carbons (Fsp3) is 0. The van der Waals surface area contributed by atoms with Crippen LogP contribution >= 0.6 is 11.6 Å². The first-order valence-electron chi connectivity index (χ1n) is 8.07. The molecule has 0 saturated heterocycles. The minimum Gasteiger partial charge on any atom is -0.452 e. The molecule has 0 radical (unpaired) electrons. The number of nitrogens with zero attached hydrogens (tertiary/aromatic N) is 1. The molecule has 1 aromatic heterocycles. The van der Waals surface area contributed by atoms with Crippen molar-refractivity contribution in [2.75, 3.05) is 0 Å². The molecule has 6 heteroatoms. The molecule has 3 aromatic rings. The molecule has 2 heterocycles. The Balaban J connectivity index is 1.57. The third-order valence-electron chi connectivity index (χ3n) is 3.95. The van der Waals surface area contributed by atoms with Crippen LogP contribution in [0, 0.1) is 0 Å². The third-order valence-corrected chi connectivity index (χ3v) is 4.28. The molecular weight excluding hydrogens is 366 g/mol. The van der Waals surface area contributed by atoms with Crippen LogP contribution in [0.1, 0.15) is 26.3 Å². The van der Waals surface area contributed by atoms with Crippen LogP contribution in [0.15, 0.2) is 72.8 Å². The van der Waals surface area contributed by atoms with E-state index in [4.69, 9.17) is 21.1 Å². The minimum atomic E-state index is -0.586. The standard InChI is InChI=1S/C21H12ClNO4/c22-17-4-2-1-3-15(17)21(25)26-14-5-6-16-18(12-14)27-19(20(16)24)11-13-7-9-23-10-8-13/h1-12H/b19-11-. The number of esters is 1. The summed E-state index contributed by atoms with van der Waals surface area (Å²) in [5.41, 5.74) is 1.47. The van der Waals surface area contributed by atoms with Gasteiger partial charge in [-0.25, -0.2) is 4.79 Å². The van der Waals surface area contributed by atoms with Gasteiger partial charge in [0, 0.05) is 18.5 Å². The molecule has 0 bridgehead atoms. The van der Waals surface area contributed by atoms with Crippen LogP contribution in [-0.4, -0.2) is 16.7 Å². The Labute approximate surface area is 159 Å². The van der Waals surface area contributed by atoms with Crippen LogP contribution in [0.2, 0.25) is 5.02 Å². The smallest absolute Gasteiger partial charge is 0.345 e. The van der Waals surface area contributed by atoms with Gasteiger partial charge in [0.2, 0.25) is 5.78 Å². The van der Waals surface area contributed by atoms with Crippen molar-refractivity contribution in [1.82, 2.24) is 4.98 Å². The van der Waals surface area contributed by atoms with Crippen molar-refractivity contribution in [3.63, 3.8) is 0 Å². The van der Waals surface area contributed by atoms with Gasteiger partial charge in [-0.05, 0) is 48.0 Å². The Morgan fingerprint density at radius 3 is 2.63 bits per heavy atom. The molecule has 0 N–H and O–H groups in total. The highest BCUT2D eigenvalue weighted by Gasteiger charge is 2.28. The highest BCUT2D eigenvalue weighted by Crippen LogP contribution is 2.35. The average Bonchev–Trinajstić information content (AvgIpc) is 2.98. The molecule has 0 atom stereocenters. The number of carbonyl (C=O) groups excluding carboxylic acids is 2. The highest BCUT2D eigenvalue weighted by molar-refractivity contribution is 6.33. The zero-order valence-corrected chi connectivity index (χ0v) is 14.6. The molecule has 0 fully saturated rings. The lowest BCUT2D eigenvalue weighted by molar-refractivity contribution is 0.0734. The lowest BCUT2D eigenvalue weighted by atomic mass is 10.1. The summed E-state index contributed by atoms with van der Waals surface area (Å²) < 4.78 is 11.0. The number of fused-ring (bicyclic) bond motifs is 1. The first-order valence-corrected chi connectivity index (χ1v) is 8.44. The molecule has 0 aliphatic carbocycles. The number of carbonyl (C=O) groups is 2. The second-order valence-electron chi connectivity index (χ2n) is 5.75. The van der Waals surface area contributed by atoms with E-state index >= 15 is 0 Å². The number of hydrogen-bond donors (Lipinski definition) is 0. The summed E-state index contributed by atoms with van der Waals surface area (Å²) in [6.07, 6.45) is 4.90. The van der Waals surface area contributed by atoms with Gasteiger partial charge in [-0.3, -0.25) is 9.78 Å². The van der Waals surface area contributed by atoms with E-state index in [0.717, 1.165) is 5.56 Å². The number of rotatable bonds is 3.